The minimum atomic E-state index is -0.00108. The van der Waals surface area contributed by atoms with Crippen LogP contribution in [0.5, 0.6) is 0 Å². The van der Waals surface area contributed by atoms with Crippen LogP contribution in [0.1, 0.15) is 43.4 Å². The molecule has 0 atom stereocenters. The molecule has 2 aromatic heterocycles. The van der Waals surface area contributed by atoms with Crippen molar-refractivity contribution < 1.29 is 4.79 Å². The molecule has 8 nitrogen and oxygen atoms in total. The molecular weight excluding hydrogens is 366 g/mol. The fourth-order valence-corrected chi connectivity index (χ4v) is 4.61. The zero-order valence-corrected chi connectivity index (χ0v) is 16.7. The molecule has 0 bridgehead atoms. The van der Waals surface area contributed by atoms with E-state index in [1.54, 1.807) is 6.33 Å². The molecule has 0 unspecified atom stereocenters. The third-order valence-electron chi connectivity index (χ3n) is 6.33. The first-order valence-corrected chi connectivity index (χ1v) is 10.7. The first-order valence-electron chi connectivity index (χ1n) is 10.7. The van der Waals surface area contributed by atoms with Gasteiger partial charge in [0.1, 0.15) is 18.0 Å². The Morgan fingerprint density at radius 1 is 0.897 bits per heavy atom. The number of aryl methyl sites for hydroxylation is 2. The van der Waals surface area contributed by atoms with Gasteiger partial charge in [-0.2, -0.15) is 5.10 Å². The molecule has 5 rings (SSSR count). The Morgan fingerprint density at radius 3 is 2.52 bits per heavy atom. The summed E-state index contributed by atoms with van der Waals surface area (Å²) in [5.74, 6) is 2.50. The largest absolute Gasteiger partial charge is 0.356 e. The number of hydrogen-bond donors (Lipinski definition) is 1. The molecular formula is C21H27N7O. The summed E-state index contributed by atoms with van der Waals surface area (Å²) in [4.78, 5) is 25.9. The summed E-state index contributed by atoms with van der Waals surface area (Å²) >= 11 is 0. The van der Waals surface area contributed by atoms with E-state index in [0.29, 0.717) is 5.82 Å². The number of anilines is 3. The molecule has 0 saturated carbocycles. The zero-order chi connectivity index (χ0) is 19.6. The maximum atomic E-state index is 12.8. The average Bonchev–Trinajstić information content (AvgIpc) is 3.45. The van der Waals surface area contributed by atoms with Crippen molar-refractivity contribution in [3.63, 3.8) is 0 Å². The summed E-state index contributed by atoms with van der Waals surface area (Å²) in [6.07, 6.45) is 8.89. The van der Waals surface area contributed by atoms with Gasteiger partial charge in [-0.3, -0.25) is 4.79 Å². The lowest BCUT2D eigenvalue weighted by atomic mass is 9.96. The molecule has 2 saturated heterocycles. The Hall–Kier alpha value is -2.77. The first kappa shape index (κ1) is 18.3. The lowest BCUT2D eigenvalue weighted by Gasteiger charge is -2.32. The molecule has 2 fully saturated rings. The standard InChI is InChI=1S/C21H27N7O/c29-21(24-18-13-19(23-14-22-18)27-8-1-2-9-27)15-6-10-28(11-7-15)20-12-16-4-3-5-17(16)25-26-20/h12-15H,1-11H2,(H,22,23,24,29). The Bertz CT molecular complexity index is 888. The maximum absolute atomic E-state index is 12.8. The quantitative estimate of drug-likeness (QED) is 0.852. The van der Waals surface area contributed by atoms with Crippen LogP contribution >= 0.6 is 0 Å². The SMILES string of the molecule is O=C(Nc1cc(N2CCCC2)ncn1)C1CCN(c2cc3c(nn2)CCC3)CC1. The van der Waals surface area contributed by atoms with Crippen molar-refractivity contribution in [1.82, 2.24) is 20.2 Å². The van der Waals surface area contributed by atoms with Crippen LogP contribution in [0.15, 0.2) is 18.5 Å². The second-order valence-electron chi connectivity index (χ2n) is 8.23. The highest BCUT2D eigenvalue weighted by Gasteiger charge is 2.27. The molecule has 1 aliphatic carbocycles. The van der Waals surface area contributed by atoms with Crippen LogP contribution < -0.4 is 15.1 Å². The third kappa shape index (κ3) is 3.88. The molecule has 29 heavy (non-hydrogen) atoms. The van der Waals surface area contributed by atoms with Crippen LogP contribution in [0.3, 0.4) is 0 Å². The van der Waals surface area contributed by atoms with Crippen LogP contribution in [-0.4, -0.2) is 52.3 Å². The molecule has 2 aliphatic heterocycles. The van der Waals surface area contributed by atoms with E-state index < -0.39 is 0 Å². The summed E-state index contributed by atoms with van der Waals surface area (Å²) in [7, 11) is 0. The van der Waals surface area contributed by atoms with Crippen LogP contribution in [-0.2, 0) is 17.6 Å². The lowest BCUT2D eigenvalue weighted by Crippen LogP contribution is -2.38. The van der Waals surface area contributed by atoms with Gasteiger partial charge >= 0.3 is 0 Å². The van der Waals surface area contributed by atoms with Gasteiger partial charge in [0.2, 0.25) is 5.91 Å². The number of aromatic nitrogens is 4. The van der Waals surface area contributed by atoms with Gasteiger partial charge in [0.15, 0.2) is 5.82 Å². The van der Waals surface area contributed by atoms with Gasteiger partial charge in [0.05, 0.1) is 5.69 Å². The van der Waals surface area contributed by atoms with Gasteiger partial charge in [0.25, 0.3) is 0 Å². The van der Waals surface area contributed by atoms with Gasteiger partial charge in [-0.1, -0.05) is 0 Å². The van der Waals surface area contributed by atoms with Gasteiger partial charge in [-0.15, -0.1) is 5.10 Å². The minimum absolute atomic E-state index is 0.00108. The predicted molar refractivity (Wildman–Crippen MR) is 111 cm³/mol. The highest BCUT2D eigenvalue weighted by Crippen LogP contribution is 2.27. The molecule has 1 N–H and O–H groups in total. The highest BCUT2D eigenvalue weighted by atomic mass is 16.2. The van der Waals surface area contributed by atoms with Gasteiger partial charge in [0, 0.05) is 38.2 Å². The first-order chi connectivity index (χ1) is 14.3. The van der Waals surface area contributed by atoms with Crippen molar-refractivity contribution in [2.75, 3.05) is 41.3 Å². The molecule has 0 radical (unpaired) electrons. The van der Waals surface area contributed by atoms with Gasteiger partial charge in [-0.25, -0.2) is 9.97 Å². The zero-order valence-electron chi connectivity index (χ0n) is 16.7. The number of carbonyl (C=O) groups is 1. The molecule has 0 aromatic carbocycles. The predicted octanol–water partition coefficient (Wildman–Crippen LogP) is 2.21. The number of carbonyl (C=O) groups excluding carboxylic acids is 1. The normalized spacial score (nSPS) is 19.4. The molecule has 152 valence electrons. The number of amides is 1. The van der Waals surface area contributed by atoms with Crippen LogP contribution in [0.4, 0.5) is 17.5 Å². The highest BCUT2D eigenvalue weighted by molar-refractivity contribution is 5.92. The number of piperidine rings is 1. The van der Waals surface area contributed by atoms with Crippen molar-refractivity contribution in [2.45, 2.75) is 44.9 Å². The average molecular weight is 393 g/mol. The maximum Gasteiger partial charge on any atom is 0.228 e. The number of nitrogens with zero attached hydrogens (tertiary/aromatic N) is 6. The smallest absolute Gasteiger partial charge is 0.228 e. The summed E-state index contributed by atoms with van der Waals surface area (Å²) in [6.45, 7) is 3.70. The second kappa shape index (κ2) is 7.93. The molecule has 2 aromatic rings. The van der Waals surface area contributed by atoms with Crippen molar-refractivity contribution in [3.05, 3.63) is 29.7 Å². The van der Waals surface area contributed by atoms with Crippen molar-refractivity contribution >= 4 is 23.4 Å². The van der Waals surface area contributed by atoms with Crippen molar-refractivity contribution in [2.24, 2.45) is 5.92 Å². The Labute approximate surface area is 170 Å². The number of rotatable bonds is 4. The topological polar surface area (TPSA) is 87.1 Å². The summed E-state index contributed by atoms with van der Waals surface area (Å²) < 4.78 is 0. The van der Waals surface area contributed by atoms with Crippen LogP contribution in [0.2, 0.25) is 0 Å². The van der Waals surface area contributed by atoms with Crippen LogP contribution in [0.25, 0.3) is 0 Å². The summed E-state index contributed by atoms with van der Waals surface area (Å²) in [6, 6.07) is 4.08. The van der Waals surface area contributed by atoms with Crippen molar-refractivity contribution in [1.29, 1.82) is 0 Å². The van der Waals surface area contributed by atoms with Gasteiger partial charge in [-0.05, 0) is 56.6 Å². The number of fused-ring (bicyclic) bond motifs is 1. The van der Waals surface area contributed by atoms with E-state index >= 15 is 0 Å². The Kier molecular flexibility index (Phi) is 4.99. The van der Waals surface area contributed by atoms with E-state index in [4.69, 9.17) is 0 Å². The number of hydrogen-bond acceptors (Lipinski definition) is 7. The number of nitrogens with one attached hydrogen (secondary N) is 1. The van der Waals surface area contributed by atoms with E-state index in [1.165, 1.54) is 24.8 Å². The molecule has 8 heteroatoms. The van der Waals surface area contributed by atoms with E-state index in [1.807, 2.05) is 6.07 Å². The molecule has 0 spiro atoms. The molecule has 1 amide bonds. The monoisotopic (exact) mass is 393 g/mol. The second-order valence-corrected chi connectivity index (χ2v) is 8.23. The molecule has 3 aliphatic rings. The van der Waals surface area contributed by atoms with E-state index in [2.05, 4.69) is 41.3 Å². The Morgan fingerprint density at radius 2 is 1.69 bits per heavy atom. The fourth-order valence-electron chi connectivity index (χ4n) is 4.61. The fraction of sp³-hybridized carbons (Fsp3) is 0.571. The third-order valence-corrected chi connectivity index (χ3v) is 6.33. The van der Waals surface area contributed by atoms with Gasteiger partial charge < -0.3 is 15.1 Å². The summed E-state index contributed by atoms with van der Waals surface area (Å²) in [5.41, 5.74) is 2.49. The minimum Gasteiger partial charge on any atom is -0.356 e. The van der Waals surface area contributed by atoms with E-state index in [-0.39, 0.29) is 11.8 Å². The molecule has 4 heterocycles. The Balaban J connectivity index is 1.18. The van der Waals surface area contributed by atoms with E-state index in [0.717, 1.165) is 69.2 Å². The van der Waals surface area contributed by atoms with Crippen molar-refractivity contribution in [3.8, 4) is 0 Å². The summed E-state index contributed by atoms with van der Waals surface area (Å²) in [5, 5.41) is 11.8. The lowest BCUT2D eigenvalue weighted by molar-refractivity contribution is -0.120. The van der Waals surface area contributed by atoms with Crippen LogP contribution in [0, 0.1) is 5.92 Å². The van der Waals surface area contributed by atoms with E-state index in [9.17, 15) is 4.79 Å².